The molecule has 5 heteroatoms. The molecule has 2 amide bonds. The first-order valence-electron chi connectivity index (χ1n) is 14.1. The molecule has 0 atom stereocenters. The van der Waals surface area contributed by atoms with Crippen molar-refractivity contribution in [1.82, 2.24) is 5.32 Å². The molecule has 0 heterocycles. The average Bonchev–Trinajstić information content (AvgIpc) is 3.08. The number of carbonyl (C=O) groups excluding carboxylic acids is 2. The van der Waals surface area contributed by atoms with E-state index in [1.165, 1.54) is 0 Å². The van der Waals surface area contributed by atoms with E-state index in [2.05, 4.69) is 47.0 Å². The standard InChI is InChI=1S/C38H29N2O2P/c41-37(30-17-5-1-6-18-30)40-36(38(42)39-35-27-15-19-29-16-13-14-26-34(29)35)28-43(31-20-7-2-8-21-31,32-22-9-3-10-23-32)33-24-11-4-12-25-33/h1-28H,(H-,39,40,41,42)/p+1/b36-28+. The number of hydrogen-bond donors (Lipinski definition) is 2. The van der Waals surface area contributed by atoms with Gasteiger partial charge >= 0.3 is 0 Å². The Bertz CT molecular complexity index is 1790. The van der Waals surface area contributed by atoms with Gasteiger partial charge in [-0.3, -0.25) is 9.59 Å². The van der Waals surface area contributed by atoms with Crippen molar-refractivity contribution in [2.75, 3.05) is 5.32 Å². The molecule has 6 aromatic carbocycles. The van der Waals surface area contributed by atoms with Crippen LogP contribution >= 0.6 is 7.26 Å². The quantitative estimate of drug-likeness (QED) is 0.151. The SMILES string of the molecule is O=C(Nc1cccc2ccccc12)/C(=C\[P+](c1ccccc1)(c1ccccc1)c1ccccc1)NC(=O)c1ccccc1. The van der Waals surface area contributed by atoms with Gasteiger partial charge in [0.15, 0.2) is 0 Å². The average molecular weight is 578 g/mol. The lowest BCUT2D eigenvalue weighted by molar-refractivity contribution is -0.113. The third-order valence-electron chi connectivity index (χ3n) is 7.38. The van der Waals surface area contributed by atoms with Gasteiger partial charge in [-0.2, -0.15) is 0 Å². The van der Waals surface area contributed by atoms with Crippen LogP contribution in [0.4, 0.5) is 5.69 Å². The number of nitrogens with one attached hydrogen (secondary N) is 2. The molecule has 0 aliphatic carbocycles. The smallest absolute Gasteiger partial charge is 0.275 e. The van der Waals surface area contributed by atoms with E-state index < -0.39 is 13.2 Å². The number of fused-ring (bicyclic) bond motifs is 1. The van der Waals surface area contributed by atoms with E-state index in [4.69, 9.17) is 0 Å². The zero-order valence-electron chi connectivity index (χ0n) is 23.4. The Morgan fingerprint density at radius 1 is 0.512 bits per heavy atom. The molecule has 43 heavy (non-hydrogen) atoms. The maximum Gasteiger partial charge on any atom is 0.275 e. The predicted octanol–water partition coefficient (Wildman–Crippen LogP) is 7.04. The van der Waals surface area contributed by atoms with Crippen molar-refractivity contribution >= 4 is 51.5 Å². The van der Waals surface area contributed by atoms with Crippen LogP contribution in [0.3, 0.4) is 0 Å². The van der Waals surface area contributed by atoms with E-state index in [0.29, 0.717) is 11.3 Å². The second-order valence-corrected chi connectivity index (χ2v) is 13.3. The van der Waals surface area contributed by atoms with Crippen molar-refractivity contribution in [3.05, 3.63) is 181 Å². The summed E-state index contributed by atoms with van der Waals surface area (Å²) < 4.78 is 0. The van der Waals surface area contributed by atoms with Crippen LogP contribution < -0.4 is 26.5 Å². The Hall–Kier alpha value is -5.31. The Balaban J connectivity index is 1.57. The zero-order chi connectivity index (χ0) is 29.5. The topological polar surface area (TPSA) is 58.2 Å². The molecular formula is C38H30N2O2P+. The van der Waals surface area contributed by atoms with Crippen molar-refractivity contribution < 1.29 is 9.59 Å². The van der Waals surface area contributed by atoms with Crippen LogP contribution in [-0.4, -0.2) is 11.8 Å². The first-order valence-corrected chi connectivity index (χ1v) is 15.9. The molecule has 6 rings (SSSR count). The van der Waals surface area contributed by atoms with E-state index in [-0.39, 0.29) is 11.6 Å². The van der Waals surface area contributed by atoms with E-state index >= 15 is 0 Å². The fourth-order valence-corrected chi connectivity index (χ4v) is 9.15. The summed E-state index contributed by atoms with van der Waals surface area (Å²) in [6, 6.07) is 53.3. The zero-order valence-corrected chi connectivity index (χ0v) is 24.3. The maximum absolute atomic E-state index is 14.3. The van der Waals surface area contributed by atoms with E-state index in [1.54, 1.807) is 12.1 Å². The van der Waals surface area contributed by atoms with Gasteiger partial charge in [-0.15, -0.1) is 0 Å². The van der Waals surface area contributed by atoms with Gasteiger partial charge in [-0.05, 0) is 60.0 Å². The van der Waals surface area contributed by atoms with Crippen LogP contribution in [0.5, 0.6) is 0 Å². The molecule has 6 aromatic rings. The second kappa shape index (κ2) is 12.7. The third-order valence-corrected chi connectivity index (χ3v) is 11.4. The van der Waals surface area contributed by atoms with Crippen LogP contribution in [-0.2, 0) is 4.79 Å². The predicted molar refractivity (Wildman–Crippen MR) is 180 cm³/mol. The Kier molecular flexibility index (Phi) is 8.21. The van der Waals surface area contributed by atoms with Crippen LogP contribution in [0.15, 0.2) is 175 Å². The monoisotopic (exact) mass is 577 g/mol. The lowest BCUT2D eigenvalue weighted by Gasteiger charge is -2.25. The minimum absolute atomic E-state index is 0.187. The van der Waals surface area contributed by atoms with Crippen LogP contribution in [0.1, 0.15) is 10.4 Å². The van der Waals surface area contributed by atoms with Gasteiger partial charge < -0.3 is 10.6 Å². The lowest BCUT2D eigenvalue weighted by atomic mass is 10.1. The molecule has 0 bridgehead atoms. The van der Waals surface area contributed by atoms with E-state index in [1.807, 2.05) is 121 Å². The van der Waals surface area contributed by atoms with Gasteiger partial charge in [0, 0.05) is 16.6 Å². The normalized spacial score (nSPS) is 11.6. The minimum atomic E-state index is -2.60. The van der Waals surface area contributed by atoms with Crippen molar-refractivity contribution in [3.8, 4) is 0 Å². The number of rotatable bonds is 8. The van der Waals surface area contributed by atoms with Gasteiger partial charge in [-0.1, -0.05) is 109 Å². The summed E-state index contributed by atoms with van der Waals surface area (Å²) in [6.07, 6.45) is 0. The Labute approximate surface area is 252 Å². The number of amides is 2. The summed E-state index contributed by atoms with van der Waals surface area (Å²) in [5.41, 5.74) is 1.33. The summed E-state index contributed by atoms with van der Waals surface area (Å²) in [5.74, 6) is 1.24. The number of anilines is 1. The van der Waals surface area contributed by atoms with Crippen LogP contribution in [0.2, 0.25) is 0 Å². The highest BCUT2D eigenvalue weighted by Crippen LogP contribution is 2.57. The summed E-state index contributed by atoms with van der Waals surface area (Å²) in [7, 11) is -2.60. The number of hydrogen-bond acceptors (Lipinski definition) is 2. The van der Waals surface area contributed by atoms with E-state index in [0.717, 1.165) is 26.7 Å². The molecule has 4 nitrogen and oxygen atoms in total. The van der Waals surface area contributed by atoms with Gasteiger partial charge in [0.25, 0.3) is 11.8 Å². The minimum Gasteiger partial charge on any atom is -0.320 e. The van der Waals surface area contributed by atoms with Crippen molar-refractivity contribution in [2.45, 2.75) is 0 Å². The van der Waals surface area contributed by atoms with E-state index in [9.17, 15) is 9.59 Å². The second-order valence-electron chi connectivity index (χ2n) is 10.1. The summed E-state index contributed by atoms with van der Waals surface area (Å²) in [6.45, 7) is 0. The first-order chi connectivity index (χ1) is 21.1. The molecule has 0 unspecified atom stereocenters. The van der Waals surface area contributed by atoms with Crippen molar-refractivity contribution in [2.24, 2.45) is 0 Å². The highest BCUT2D eigenvalue weighted by atomic mass is 31.2. The molecule has 0 fully saturated rings. The van der Waals surface area contributed by atoms with Gasteiger partial charge in [-0.25, -0.2) is 0 Å². The highest BCUT2D eigenvalue weighted by Gasteiger charge is 2.45. The summed E-state index contributed by atoms with van der Waals surface area (Å²) in [5, 5.41) is 11.2. The third kappa shape index (κ3) is 5.88. The Morgan fingerprint density at radius 2 is 0.977 bits per heavy atom. The number of carbonyl (C=O) groups is 2. The largest absolute Gasteiger partial charge is 0.320 e. The van der Waals surface area contributed by atoms with Gasteiger partial charge in [0.05, 0.1) is 0 Å². The Morgan fingerprint density at radius 3 is 1.53 bits per heavy atom. The molecule has 0 saturated carbocycles. The molecule has 0 aliphatic rings. The first kappa shape index (κ1) is 27.8. The van der Waals surface area contributed by atoms with Crippen molar-refractivity contribution in [3.63, 3.8) is 0 Å². The van der Waals surface area contributed by atoms with Gasteiger partial charge in [0.1, 0.15) is 34.7 Å². The molecule has 0 saturated heterocycles. The molecular weight excluding hydrogens is 547 g/mol. The molecule has 0 aliphatic heterocycles. The fourth-order valence-electron chi connectivity index (χ4n) is 5.31. The molecule has 208 valence electrons. The molecule has 0 aromatic heterocycles. The summed E-state index contributed by atoms with van der Waals surface area (Å²) in [4.78, 5) is 27.9. The van der Waals surface area contributed by atoms with Crippen LogP contribution in [0, 0.1) is 0 Å². The lowest BCUT2D eigenvalue weighted by Crippen LogP contribution is -2.35. The molecule has 2 N–H and O–H groups in total. The fraction of sp³-hybridized carbons (Fsp3) is 0. The highest BCUT2D eigenvalue weighted by molar-refractivity contribution is 7.98. The number of benzene rings is 6. The summed E-state index contributed by atoms with van der Waals surface area (Å²) >= 11 is 0. The maximum atomic E-state index is 14.3. The molecule has 0 radical (unpaired) electrons. The molecule has 0 spiro atoms. The van der Waals surface area contributed by atoms with Crippen molar-refractivity contribution in [1.29, 1.82) is 0 Å². The van der Waals surface area contributed by atoms with Crippen LogP contribution in [0.25, 0.3) is 10.8 Å². The van der Waals surface area contributed by atoms with Gasteiger partial charge in [0.2, 0.25) is 0 Å².